The van der Waals surface area contributed by atoms with Crippen molar-refractivity contribution in [3.05, 3.63) is 59.1 Å². The fraction of sp³-hybridized carbons (Fsp3) is 0.350. The SMILES string of the molecule is COc1ccc(Cl)cc1NCCC(=O)N(Cc1ccccc1)C1CC1. The van der Waals surface area contributed by atoms with Gasteiger partial charge >= 0.3 is 0 Å². The van der Waals surface area contributed by atoms with Crippen LogP contribution in [0.2, 0.25) is 5.02 Å². The lowest BCUT2D eigenvalue weighted by Crippen LogP contribution is -2.33. The zero-order valence-electron chi connectivity index (χ0n) is 14.4. The third-order valence-corrected chi connectivity index (χ3v) is 4.55. The van der Waals surface area contributed by atoms with Crippen LogP contribution in [0.1, 0.15) is 24.8 Å². The van der Waals surface area contributed by atoms with Crippen molar-refractivity contribution >= 4 is 23.2 Å². The maximum atomic E-state index is 12.7. The van der Waals surface area contributed by atoms with E-state index in [0.29, 0.717) is 30.6 Å². The molecule has 0 aromatic heterocycles. The van der Waals surface area contributed by atoms with E-state index in [0.717, 1.165) is 24.3 Å². The molecule has 5 heteroatoms. The number of ether oxygens (including phenoxy) is 1. The average Bonchev–Trinajstić information content (AvgIpc) is 3.45. The molecular weight excluding hydrogens is 336 g/mol. The fourth-order valence-electron chi connectivity index (χ4n) is 2.85. The number of halogens is 1. The minimum absolute atomic E-state index is 0.180. The molecule has 0 aliphatic heterocycles. The van der Waals surface area contributed by atoms with E-state index in [-0.39, 0.29) is 5.91 Å². The van der Waals surface area contributed by atoms with Crippen LogP contribution in [0.15, 0.2) is 48.5 Å². The van der Waals surface area contributed by atoms with Gasteiger partial charge in [-0.3, -0.25) is 4.79 Å². The smallest absolute Gasteiger partial charge is 0.224 e. The summed E-state index contributed by atoms with van der Waals surface area (Å²) >= 11 is 6.04. The van der Waals surface area contributed by atoms with Crippen molar-refractivity contribution in [1.29, 1.82) is 0 Å². The molecule has 1 aliphatic rings. The monoisotopic (exact) mass is 358 g/mol. The molecule has 1 aliphatic carbocycles. The van der Waals surface area contributed by atoms with E-state index in [4.69, 9.17) is 16.3 Å². The van der Waals surface area contributed by atoms with Crippen molar-refractivity contribution in [2.24, 2.45) is 0 Å². The molecule has 132 valence electrons. The molecule has 1 saturated carbocycles. The lowest BCUT2D eigenvalue weighted by atomic mass is 10.2. The molecule has 0 radical (unpaired) electrons. The van der Waals surface area contributed by atoms with Crippen LogP contribution in [0.4, 0.5) is 5.69 Å². The van der Waals surface area contributed by atoms with Crippen molar-refractivity contribution in [3.8, 4) is 5.75 Å². The van der Waals surface area contributed by atoms with E-state index in [2.05, 4.69) is 17.4 Å². The summed E-state index contributed by atoms with van der Waals surface area (Å²) in [6.45, 7) is 1.23. The molecule has 0 unspecified atom stereocenters. The van der Waals surface area contributed by atoms with Gasteiger partial charge in [0.05, 0.1) is 12.8 Å². The first-order valence-electron chi connectivity index (χ1n) is 8.58. The van der Waals surface area contributed by atoms with Gasteiger partial charge in [-0.1, -0.05) is 41.9 Å². The Balaban J connectivity index is 1.56. The van der Waals surface area contributed by atoms with Crippen LogP contribution < -0.4 is 10.1 Å². The van der Waals surface area contributed by atoms with E-state index < -0.39 is 0 Å². The van der Waals surface area contributed by atoms with Gasteiger partial charge in [0, 0.05) is 30.6 Å². The third-order valence-electron chi connectivity index (χ3n) is 4.32. The second-order valence-electron chi connectivity index (χ2n) is 6.26. The summed E-state index contributed by atoms with van der Waals surface area (Å²) < 4.78 is 5.32. The van der Waals surface area contributed by atoms with E-state index in [1.165, 1.54) is 5.56 Å². The number of nitrogens with zero attached hydrogens (tertiary/aromatic N) is 1. The highest BCUT2D eigenvalue weighted by molar-refractivity contribution is 6.30. The van der Waals surface area contributed by atoms with Gasteiger partial charge in [-0.2, -0.15) is 0 Å². The van der Waals surface area contributed by atoms with Crippen molar-refractivity contribution in [3.63, 3.8) is 0 Å². The number of carbonyl (C=O) groups is 1. The number of hydrogen-bond acceptors (Lipinski definition) is 3. The summed E-state index contributed by atoms with van der Waals surface area (Å²) in [6, 6.07) is 16.0. The van der Waals surface area contributed by atoms with Crippen molar-refractivity contribution in [1.82, 2.24) is 4.90 Å². The Hall–Kier alpha value is -2.20. The lowest BCUT2D eigenvalue weighted by Gasteiger charge is -2.23. The van der Waals surface area contributed by atoms with Gasteiger partial charge in [-0.15, -0.1) is 0 Å². The van der Waals surface area contributed by atoms with Gasteiger partial charge < -0.3 is 15.0 Å². The van der Waals surface area contributed by atoms with E-state index in [9.17, 15) is 4.79 Å². The van der Waals surface area contributed by atoms with Crippen LogP contribution in [0.25, 0.3) is 0 Å². The maximum Gasteiger partial charge on any atom is 0.224 e. The first-order valence-corrected chi connectivity index (χ1v) is 8.96. The first kappa shape index (κ1) is 17.6. The average molecular weight is 359 g/mol. The third kappa shape index (κ3) is 4.89. The molecule has 2 aromatic rings. The number of nitrogens with one attached hydrogen (secondary N) is 1. The molecule has 0 heterocycles. The number of hydrogen-bond donors (Lipinski definition) is 1. The van der Waals surface area contributed by atoms with Crippen LogP contribution >= 0.6 is 11.6 Å². The van der Waals surface area contributed by atoms with Gasteiger partial charge in [-0.05, 0) is 36.6 Å². The zero-order valence-corrected chi connectivity index (χ0v) is 15.1. The summed E-state index contributed by atoms with van der Waals surface area (Å²) in [4.78, 5) is 14.7. The Kier molecular flexibility index (Phi) is 5.82. The molecule has 0 saturated heterocycles. The molecule has 3 rings (SSSR count). The molecule has 1 N–H and O–H groups in total. The van der Waals surface area contributed by atoms with E-state index >= 15 is 0 Å². The molecule has 0 atom stereocenters. The minimum Gasteiger partial charge on any atom is -0.495 e. The predicted molar refractivity (Wildman–Crippen MR) is 101 cm³/mol. The lowest BCUT2D eigenvalue weighted by molar-refractivity contribution is -0.132. The molecule has 1 amide bonds. The zero-order chi connectivity index (χ0) is 17.6. The summed E-state index contributed by atoms with van der Waals surface area (Å²) in [5, 5.41) is 3.89. The summed E-state index contributed by atoms with van der Waals surface area (Å²) in [5.41, 5.74) is 1.98. The van der Waals surface area contributed by atoms with E-state index in [1.807, 2.05) is 35.2 Å². The number of amides is 1. The van der Waals surface area contributed by atoms with Crippen LogP contribution in [-0.4, -0.2) is 30.5 Å². The Morgan fingerprint density at radius 2 is 2.00 bits per heavy atom. The summed E-state index contributed by atoms with van der Waals surface area (Å²) in [7, 11) is 1.62. The van der Waals surface area contributed by atoms with Crippen LogP contribution in [0.3, 0.4) is 0 Å². The Labute approximate surface area is 153 Å². The van der Waals surface area contributed by atoms with Crippen molar-refractivity contribution in [2.45, 2.75) is 31.8 Å². The highest BCUT2D eigenvalue weighted by Crippen LogP contribution is 2.30. The van der Waals surface area contributed by atoms with Crippen molar-refractivity contribution in [2.75, 3.05) is 19.0 Å². The second-order valence-corrected chi connectivity index (χ2v) is 6.70. The maximum absolute atomic E-state index is 12.7. The number of anilines is 1. The number of benzene rings is 2. The number of methoxy groups -OCH3 is 1. The highest BCUT2D eigenvalue weighted by atomic mass is 35.5. The first-order chi connectivity index (χ1) is 12.2. The van der Waals surface area contributed by atoms with Gasteiger partial charge in [0.15, 0.2) is 0 Å². The van der Waals surface area contributed by atoms with Gasteiger partial charge in [0.2, 0.25) is 5.91 Å². The van der Waals surface area contributed by atoms with Gasteiger partial charge in [-0.25, -0.2) is 0 Å². The topological polar surface area (TPSA) is 41.6 Å². The van der Waals surface area contributed by atoms with Crippen molar-refractivity contribution < 1.29 is 9.53 Å². The summed E-state index contributed by atoms with van der Waals surface area (Å²) in [6.07, 6.45) is 2.65. The Morgan fingerprint density at radius 3 is 2.68 bits per heavy atom. The molecule has 25 heavy (non-hydrogen) atoms. The predicted octanol–water partition coefficient (Wildman–Crippen LogP) is 4.34. The minimum atomic E-state index is 0.180. The molecule has 0 spiro atoms. The van der Waals surface area contributed by atoms with Crippen LogP contribution in [0, 0.1) is 0 Å². The fourth-order valence-corrected chi connectivity index (χ4v) is 3.03. The molecular formula is C20H23ClN2O2. The van der Waals surface area contributed by atoms with Crippen LogP contribution in [-0.2, 0) is 11.3 Å². The standard InChI is InChI=1S/C20H23ClN2O2/c1-25-19-10-7-16(21)13-18(19)22-12-11-20(24)23(17-8-9-17)14-15-5-3-2-4-6-15/h2-7,10,13,17,22H,8-9,11-12,14H2,1H3. The number of carbonyl (C=O) groups excluding carboxylic acids is 1. The van der Waals surface area contributed by atoms with Crippen LogP contribution in [0.5, 0.6) is 5.75 Å². The molecule has 0 bridgehead atoms. The molecule has 2 aromatic carbocycles. The molecule has 4 nitrogen and oxygen atoms in total. The Morgan fingerprint density at radius 1 is 1.24 bits per heavy atom. The summed E-state index contributed by atoms with van der Waals surface area (Å²) in [5.74, 6) is 0.903. The Bertz CT molecular complexity index is 717. The van der Waals surface area contributed by atoms with Gasteiger partial charge in [0.25, 0.3) is 0 Å². The highest BCUT2D eigenvalue weighted by Gasteiger charge is 2.32. The number of rotatable bonds is 8. The quantitative estimate of drug-likeness (QED) is 0.763. The normalized spacial score (nSPS) is 13.4. The van der Waals surface area contributed by atoms with E-state index in [1.54, 1.807) is 13.2 Å². The van der Waals surface area contributed by atoms with Gasteiger partial charge in [0.1, 0.15) is 5.75 Å². The molecule has 1 fully saturated rings. The second kappa shape index (κ2) is 8.26. The largest absolute Gasteiger partial charge is 0.495 e.